The van der Waals surface area contributed by atoms with E-state index in [2.05, 4.69) is 24.1 Å². The van der Waals surface area contributed by atoms with Crippen molar-refractivity contribution in [1.29, 1.82) is 0 Å². The van der Waals surface area contributed by atoms with Crippen molar-refractivity contribution >= 4 is 29.9 Å². The highest BCUT2D eigenvalue weighted by Gasteiger charge is 2.47. The van der Waals surface area contributed by atoms with Crippen LogP contribution in [0.2, 0.25) is 5.22 Å². The van der Waals surface area contributed by atoms with Crippen LogP contribution in [0.15, 0.2) is 40.8 Å². The summed E-state index contributed by atoms with van der Waals surface area (Å²) in [5, 5.41) is 0.249. The zero-order chi connectivity index (χ0) is 17.6. The number of benzene rings is 1. The Morgan fingerprint density at radius 3 is 2.50 bits per heavy atom. The van der Waals surface area contributed by atoms with Gasteiger partial charge in [-0.3, -0.25) is 9.69 Å². The summed E-state index contributed by atoms with van der Waals surface area (Å²) in [6, 6.07) is 11.8. The largest absolute Gasteiger partial charge is 0.497 e. The third-order valence-corrected chi connectivity index (χ3v) is 5.63. The molecule has 0 bridgehead atoms. The molecule has 0 aliphatic carbocycles. The van der Waals surface area contributed by atoms with Gasteiger partial charge in [0.05, 0.1) is 7.11 Å². The third kappa shape index (κ3) is 3.31. The molecule has 1 aromatic heterocycles. The van der Waals surface area contributed by atoms with E-state index in [9.17, 15) is 4.79 Å². The van der Waals surface area contributed by atoms with Gasteiger partial charge in [0.2, 0.25) is 0 Å². The predicted molar refractivity (Wildman–Crippen MR) is 102 cm³/mol. The molecule has 7 heteroatoms. The second-order valence-electron chi connectivity index (χ2n) is 6.90. The van der Waals surface area contributed by atoms with Gasteiger partial charge < -0.3 is 14.1 Å². The molecular formula is C19H22Cl2N2O3. The lowest BCUT2D eigenvalue weighted by Crippen LogP contribution is -2.33. The second kappa shape index (κ2) is 7.51. The van der Waals surface area contributed by atoms with Gasteiger partial charge in [0.15, 0.2) is 11.0 Å². The van der Waals surface area contributed by atoms with Crippen LogP contribution in [0.3, 0.4) is 0 Å². The molecule has 4 rings (SSSR count). The molecule has 0 unspecified atom stereocenters. The van der Waals surface area contributed by atoms with Gasteiger partial charge in [0, 0.05) is 31.6 Å². The third-order valence-electron chi connectivity index (χ3n) is 5.42. The first-order valence-electron chi connectivity index (χ1n) is 8.45. The summed E-state index contributed by atoms with van der Waals surface area (Å²) in [6.45, 7) is 2.49. The highest BCUT2D eigenvalue weighted by Crippen LogP contribution is 2.44. The molecule has 3 atom stereocenters. The number of furan rings is 1. The van der Waals surface area contributed by atoms with E-state index in [1.54, 1.807) is 19.2 Å². The molecule has 2 fully saturated rings. The van der Waals surface area contributed by atoms with Crippen LogP contribution in [0.5, 0.6) is 5.75 Å². The summed E-state index contributed by atoms with van der Waals surface area (Å²) >= 11 is 5.80. The van der Waals surface area contributed by atoms with Gasteiger partial charge >= 0.3 is 0 Å². The fraction of sp³-hybridized carbons (Fsp3) is 0.421. The van der Waals surface area contributed by atoms with Crippen molar-refractivity contribution in [2.24, 2.45) is 11.8 Å². The number of hydrogen-bond acceptors (Lipinski definition) is 4. The van der Waals surface area contributed by atoms with Crippen LogP contribution in [0, 0.1) is 11.8 Å². The smallest absolute Gasteiger partial charge is 0.289 e. The van der Waals surface area contributed by atoms with Gasteiger partial charge in [-0.05, 0) is 54.4 Å². The molecule has 2 aliphatic rings. The fourth-order valence-electron chi connectivity index (χ4n) is 4.31. The van der Waals surface area contributed by atoms with Gasteiger partial charge in [-0.1, -0.05) is 12.1 Å². The van der Waals surface area contributed by atoms with Crippen LogP contribution in [-0.4, -0.2) is 49.5 Å². The topological polar surface area (TPSA) is 45.9 Å². The predicted octanol–water partition coefficient (Wildman–Crippen LogP) is 3.74. The number of methoxy groups -OCH3 is 1. The van der Waals surface area contributed by atoms with Gasteiger partial charge in [-0.2, -0.15) is 0 Å². The lowest BCUT2D eigenvalue weighted by atomic mass is 9.89. The Morgan fingerprint density at radius 2 is 1.88 bits per heavy atom. The Morgan fingerprint density at radius 1 is 1.15 bits per heavy atom. The number of carbonyl (C=O) groups excluding carboxylic acids is 1. The van der Waals surface area contributed by atoms with E-state index >= 15 is 0 Å². The summed E-state index contributed by atoms with van der Waals surface area (Å²) in [6.07, 6.45) is 0. The summed E-state index contributed by atoms with van der Waals surface area (Å²) in [7, 11) is 3.83. The molecule has 0 N–H and O–H groups in total. The number of nitrogens with zero attached hydrogens (tertiary/aromatic N) is 2. The van der Waals surface area contributed by atoms with Gasteiger partial charge in [-0.15, -0.1) is 12.4 Å². The quantitative estimate of drug-likeness (QED) is 0.792. The van der Waals surface area contributed by atoms with Crippen LogP contribution in [0.25, 0.3) is 0 Å². The molecule has 140 valence electrons. The molecule has 2 aliphatic heterocycles. The molecule has 26 heavy (non-hydrogen) atoms. The first-order valence-corrected chi connectivity index (χ1v) is 8.83. The Bertz CT molecular complexity index is 777. The standard InChI is InChI=1S/C19H21ClN2O3.ClH/c1-21-9-13-10-22(19(23)16-7-8-17(20)25-16)11-15(13)18(21)12-3-5-14(24-2)6-4-12;/h3-8,13,15,18H,9-11H2,1-2H3;1H/t13-,15+,18+;/m0./s1. The first kappa shape index (κ1) is 19.1. The number of carbonyl (C=O) groups is 1. The maximum Gasteiger partial charge on any atom is 0.289 e. The Labute approximate surface area is 164 Å². The lowest BCUT2D eigenvalue weighted by Gasteiger charge is -2.26. The van der Waals surface area contributed by atoms with E-state index in [0.717, 1.165) is 25.4 Å². The Balaban J connectivity index is 0.00000196. The minimum absolute atomic E-state index is 0. The number of likely N-dealkylation sites (tertiary alicyclic amines) is 2. The van der Waals surface area contributed by atoms with E-state index in [1.165, 1.54) is 5.56 Å². The Kier molecular flexibility index (Phi) is 5.51. The monoisotopic (exact) mass is 396 g/mol. The van der Waals surface area contributed by atoms with Crippen LogP contribution in [-0.2, 0) is 0 Å². The number of hydrogen-bond donors (Lipinski definition) is 0. The van der Waals surface area contributed by atoms with E-state index in [0.29, 0.717) is 23.6 Å². The summed E-state index contributed by atoms with van der Waals surface area (Å²) in [4.78, 5) is 16.9. The summed E-state index contributed by atoms with van der Waals surface area (Å²) in [5.41, 5.74) is 1.27. The highest BCUT2D eigenvalue weighted by molar-refractivity contribution is 6.29. The molecule has 3 heterocycles. The minimum atomic E-state index is -0.0718. The molecule has 0 radical (unpaired) electrons. The summed E-state index contributed by atoms with van der Waals surface area (Å²) < 4.78 is 10.5. The van der Waals surface area contributed by atoms with Crippen molar-refractivity contribution in [3.8, 4) is 5.75 Å². The van der Waals surface area contributed by atoms with Gasteiger partial charge in [0.1, 0.15) is 5.75 Å². The minimum Gasteiger partial charge on any atom is -0.497 e. The maximum atomic E-state index is 12.6. The molecule has 0 saturated carbocycles. The van der Waals surface area contributed by atoms with E-state index in [4.69, 9.17) is 20.8 Å². The SMILES string of the molecule is COc1ccc([C@@H]2[C@@H]3CN(C(=O)c4ccc(Cl)o4)C[C@@H]3CN2C)cc1.Cl. The lowest BCUT2D eigenvalue weighted by molar-refractivity contribution is 0.0736. The fourth-order valence-corrected chi connectivity index (χ4v) is 4.46. The zero-order valence-corrected chi connectivity index (χ0v) is 16.3. The number of amides is 1. The van der Waals surface area contributed by atoms with Crippen LogP contribution < -0.4 is 4.74 Å². The number of halogens is 2. The van der Waals surface area contributed by atoms with Crippen molar-refractivity contribution in [3.63, 3.8) is 0 Å². The van der Waals surface area contributed by atoms with Crippen molar-refractivity contribution in [1.82, 2.24) is 9.80 Å². The average Bonchev–Trinajstić information content (AvgIpc) is 3.28. The van der Waals surface area contributed by atoms with Crippen molar-refractivity contribution in [2.45, 2.75) is 6.04 Å². The molecule has 1 amide bonds. The second-order valence-corrected chi connectivity index (χ2v) is 7.27. The zero-order valence-electron chi connectivity index (χ0n) is 14.7. The van der Waals surface area contributed by atoms with Gasteiger partial charge in [0.25, 0.3) is 5.91 Å². The van der Waals surface area contributed by atoms with Crippen LogP contribution in [0.4, 0.5) is 0 Å². The Hall–Kier alpha value is -1.69. The molecular weight excluding hydrogens is 375 g/mol. The maximum absolute atomic E-state index is 12.6. The van der Waals surface area contributed by atoms with Gasteiger partial charge in [-0.25, -0.2) is 0 Å². The van der Waals surface area contributed by atoms with E-state index in [-0.39, 0.29) is 23.5 Å². The van der Waals surface area contributed by atoms with Crippen molar-refractivity contribution in [2.75, 3.05) is 33.8 Å². The van der Waals surface area contributed by atoms with Crippen LogP contribution in [0.1, 0.15) is 22.2 Å². The van der Waals surface area contributed by atoms with E-state index < -0.39 is 0 Å². The molecule has 1 aromatic carbocycles. The van der Waals surface area contributed by atoms with E-state index in [1.807, 2.05) is 17.0 Å². The molecule has 5 nitrogen and oxygen atoms in total. The summed E-state index contributed by atoms with van der Waals surface area (Å²) in [5.74, 6) is 2.01. The number of ether oxygens (including phenoxy) is 1. The van der Waals surface area contributed by atoms with Crippen molar-refractivity contribution in [3.05, 3.63) is 52.9 Å². The van der Waals surface area contributed by atoms with Crippen molar-refractivity contribution < 1.29 is 13.9 Å². The normalized spacial score (nSPS) is 25.0. The number of rotatable bonds is 3. The van der Waals surface area contributed by atoms with Crippen LogP contribution >= 0.6 is 24.0 Å². The molecule has 0 spiro atoms. The molecule has 2 aromatic rings. The molecule has 2 saturated heterocycles. The average molecular weight is 397 g/mol. The highest BCUT2D eigenvalue weighted by atomic mass is 35.5. The number of fused-ring (bicyclic) bond motifs is 1. The first-order chi connectivity index (χ1) is 12.1.